The maximum absolute atomic E-state index is 12.4. The highest BCUT2D eigenvalue weighted by molar-refractivity contribution is 7.89. The zero-order valence-electron chi connectivity index (χ0n) is 15.0. The molecule has 0 spiro atoms. The van der Waals surface area contributed by atoms with Gasteiger partial charge >= 0.3 is 5.97 Å². The van der Waals surface area contributed by atoms with E-state index in [0.717, 1.165) is 30.5 Å². The second-order valence-electron chi connectivity index (χ2n) is 6.17. The second-order valence-corrected chi connectivity index (χ2v) is 7.94. The molecule has 1 N–H and O–H groups in total. The number of carbonyl (C=O) groups is 1. The lowest BCUT2D eigenvalue weighted by Crippen LogP contribution is -2.32. The molecule has 0 saturated carbocycles. The largest absolute Gasteiger partial charge is 0.462 e. The van der Waals surface area contributed by atoms with Gasteiger partial charge in [-0.15, -0.1) is 0 Å². The highest BCUT2D eigenvalue weighted by Gasteiger charge is 2.17. The Kier molecular flexibility index (Phi) is 5.71. The summed E-state index contributed by atoms with van der Waals surface area (Å²) in [5.74, 6) is -0.503. The summed E-state index contributed by atoms with van der Waals surface area (Å²) in [5, 5.41) is 4.31. The van der Waals surface area contributed by atoms with Gasteiger partial charge in [-0.1, -0.05) is 0 Å². The van der Waals surface area contributed by atoms with Crippen molar-refractivity contribution in [2.24, 2.45) is 0 Å². The molecule has 0 amide bonds. The highest BCUT2D eigenvalue weighted by Crippen LogP contribution is 2.17. The van der Waals surface area contributed by atoms with E-state index in [4.69, 9.17) is 4.74 Å². The summed E-state index contributed by atoms with van der Waals surface area (Å²) in [5.41, 5.74) is 1.95. The summed E-state index contributed by atoms with van der Waals surface area (Å²) in [7, 11) is -3.75. The minimum atomic E-state index is -3.75. The van der Waals surface area contributed by atoms with Crippen LogP contribution in [0.3, 0.4) is 0 Å². The number of hydrogen-bond donors (Lipinski definition) is 1. The van der Waals surface area contributed by atoms with Crippen LogP contribution in [0.5, 0.6) is 0 Å². The van der Waals surface area contributed by atoms with E-state index in [9.17, 15) is 18.0 Å². The summed E-state index contributed by atoms with van der Waals surface area (Å²) < 4.78 is 33.3. The molecule has 0 atom stereocenters. The number of hydrogen-bond acceptors (Lipinski definition) is 6. The molecule has 1 aliphatic carbocycles. The summed E-state index contributed by atoms with van der Waals surface area (Å²) in [6.45, 7) is 2.12. The van der Waals surface area contributed by atoms with Crippen LogP contribution >= 0.6 is 0 Å². The summed E-state index contributed by atoms with van der Waals surface area (Å²) in [4.78, 5) is 23.7. The lowest BCUT2D eigenvalue weighted by atomic mass is 10.2. The molecule has 3 rings (SSSR count). The van der Waals surface area contributed by atoms with E-state index in [2.05, 4.69) is 9.82 Å². The molecule has 9 heteroatoms. The van der Waals surface area contributed by atoms with Crippen molar-refractivity contribution < 1.29 is 17.9 Å². The molecule has 1 heterocycles. The third-order valence-corrected chi connectivity index (χ3v) is 5.79. The van der Waals surface area contributed by atoms with E-state index in [0.29, 0.717) is 0 Å². The van der Waals surface area contributed by atoms with Gasteiger partial charge < -0.3 is 4.74 Å². The Morgan fingerprint density at radius 1 is 1.26 bits per heavy atom. The fourth-order valence-electron chi connectivity index (χ4n) is 2.95. The van der Waals surface area contributed by atoms with Gasteiger partial charge in [-0.3, -0.25) is 4.79 Å². The molecule has 0 saturated heterocycles. The van der Waals surface area contributed by atoms with Crippen molar-refractivity contribution in [3.05, 3.63) is 57.5 Å². The summed E-state index contributed by atoms with van der Waals surface area (Å²) in [6, 6.07) is 7.07. The van der Waals surface area contributed by atoms with Gasteiger partial charge in [0.1, 0.15) is 0 Å². The lowest BCUT2D eigenvalue weighted by molar-refractivity contribution is 0.0526. The van der Waals surface area contributed by atoms with Crippen LogP contribution in [-0.4, -0.2) is 37.3 Å². The average Bonchev–Trinajstić information content (AvgIpc) is 3.09. The molecule has 1 aromatic carbocycles. The monoisotopic (exact) mass is 391 g/mol. The van der Waals surface area contributed by atoms with Gasteiger partial charge in [0, 0.05) is 12.6 Å². The number of fused-ring (bicyclic) bond motifs is 1. The Morgan fingerprint density at radius 2 is 2.00 bits per heavy atom. The number of ether oxygens (including phenoxy) is 1. The zero-order chi connectivity index (χ0) is 19.4. The normalized spacial score (nSPS) is 13.4. The zero-order valence-corrected chi connectivity index (χ0v) is 15.8. The van der Waals surface area contributed by atoms with Crippen LogP contribution in [0.1, 0.15) is 35.0 Å². The fourth-order valence-corrected chi connectivity index (χ4v) is 3.97. The van der Waals surface area contributed by atoms with Gasteiger partial charge in [0.2, 0.25) is 10.0 Å². The highest BCUT2D eigenvalue weighted by atomic mass is 32.2. The molecule has 0 bridgehead atoms. The number of rotatable bonds is 7. The molecular formula is C18H21N3O5S. The Morgan fingerprint density at radius 3 is 2.70 bits per heavy atom. The van der Waals surface area contributed by atoms with E-state index < -0.39 is 16.0 Å². The van der Waals surface area contributed by atoms with Crippen molar-refractivity contribution in [3.8, 4) is 0 Å². The SMILES string of the molecule is CCOC(=O)c1ccc(S(=O)(=O)NCCn2nc3c(cc2=O)CCC3)cc1. The maximum Gasteiger partial charge on any atom is 0.338 e. The van der Waals surface area contributed by atoms with Crippen molar-refractivity contribution in [1.82, 2.24) is 14.5 Å². The number of nitrogens with one attached hydrogen (secondary N) is 1. The van der Waals surface area contributed by atoms with Gasteiger partial charge in [0.15, 0.2) is 0 Å². The average molecular weight is 391 g/mol. The van der Waals surface area contributed by atoms with Crippen molar-refractivity contribution in [2.45, 2.75) is 37.6 Å². The minimum absolute atomic E-state index is 0.0322. The molecule has 27 heavy (non-hydrogen) atoms. The standard InChI is InChI=1S/C18H21N3O5S/c1-2-26-18(23)13-6-8-15(9-7-13)27(24,25)19-10-11-21-17(22)12-14-4-3-5-16(14)20-21/h6-9,12,19H,2-5,10-11H2,1H3. The van der Waals surface area contributed by atoms with Crippen LogP contribution in [0, 0.1) is 0 Å². The van der Waals surface area contributed by atoms with E-state index in [-0.39, 0.29) is 35.7 Å². The quantitative estimate of drug-likeness (QED) is 0.703. The number of aryl methyl sites for hydroxylation is 2. The number of aromatic nitrogens is 2. The van der Waals surface area contributed by atoms with E-state index in [1.54, 1.807) is 13.0 Å². The van der Waals surface area contributed by atoms with Crippen LogP contribution in [-0.2, 0) is 34.1 Å². The molecule has 0 aliphatic heterocycles. The number of benzene rings is 1. The van der Waals surface area contributed by atoms with E-state index >= 15 is 0 Å². The number of sulfonamides is 1. The molecular weight excluding hydrogens is 370 g/mol. The molecule has 0 fully saturated rings. The van der Waals surface area contributed by atoms with Crippen molar-refractivity contribution in [3.63, 3.8) is 0 Å². The topological polar surface area (TPSA) is 107 Å². The summed E-state index contributed by atoms with van der Waals surface area (Å²) in [6.07, 6.45) is 2.70. The molecule has 1 aromatic heterocycles. The fraction of sp³-hybridized carbons (Fsp3) is 0.389. The van der Waals surface area contributed by atoms with Gasteiger partial charge in [-0.25, -0.2) is 22.6 Å². The van der Waals surface area contributed by atoms with Crippen molar-refractivity contribution in [2.75, 3.05) is 13.2 Å². The summed E-state index contributed by atoms with van der Waals surface area (Å²) >= 11 is 0. The first-order chi connectivity index (χ1) is 12.9. The Balaban J connectivity index is 1.64. The molecule has 1 aliphatic rings. The first-order valence-corrected chi connectivity index (χ1v) is 10.3. The second kappa shape index (κ2) is 8.01. The van der Waals surface area contributed by atoms with Crippen LogP contribution in [0.15, 0.2) is 40.0 Å². The Hall–Kier alpha value is -2.52. The molecule has 2 aromatic rings. The minimum Gasteiger partial charge on any atom is -0.462 e. The van der Waals surface area contributed by atoms with Gasteiger partial charge in [-0.05, 0) is 56.0 Å². The first kappa shape index (κ1) is 19.2. The molecule has 0 unspecified atom stereocenters. The van der Waals surface area contributed by atoms with Crippen LogP contribution in [0.25, 0.3) is 0 Å². The molecule has 0 radical (unpaired) electrons. The van der Waals surface area contributed by atoms with Crippen molar-refractivity contribution in [1.29, 1.82) is 0 Å². The van der Waals surface area contributed by atoms with Gasteiger partial charge in [0.25, 0.3) is 5.56 Å². The molecule has 8 nitrogen and oxygen atoms in total. The molecule has 144 valence electrons. The third-order valence-electron chi connectivity index (χ3n) is 4.32. The van der Waals surface area contributed by atoms with Crippen LogP contribution in [0.2, 0.25) is 0 Å². The smallest absolute Gasteiger partial charge is 0.338 e. The lowest BCUT2D eigenvalue weighted by Gasteiger charge is -2.09. The maximum atomic E-state index is 12.4. The predicted molar refractivity (Wildman–Crippen MR) is 98.1 cm³/mol. The first-order valence-electron chi connectivity index (χ1n) is 8.77. The Bertz CT molecular complexity index is 997. The number of nitrogens with zero attached hydrogens (tertiary/aromatic N) is 2. The third kappa shape index (κ3) is 4.42. The predicted octanol–water partition coefficient (Wildman–Crippen LogP) is 0.887. The van der Waals surface area contributed by atoms with E-state index in [1.165, 1.54) is 28.9 Å². The van der Waals surface area contributed by atoms with Gasteiger partial charge in [-0.2, -0.15) is 5.10 Å². The number of carbonyl (C=O) groups excluding carboxylic acids is 1. The van der Waals surface area contributed by atoms with E-state index in [1.807, 2.05) is 0 Å². The van der Waals surface area contributed by atoms with Crippen LogP contribution in [0.4, 0.5) is 0 Å². The number of esters is 1. The van der Waals surface area contributed by atoms with Crippen LogP contribution < -0.4 is 10.3 Å². The Labute approximate surface area is 157 Å². The van der Waals surface area contributed by atoms with Crippen molar-refractivity contribution >= 4 is 16.0 Å². The van der Waals surface area contributed by atoms with Gasteiger partial charge in [0.05, 0.1) is 29.3 Å².